The SMILES string of the molecule is CC[C@@H](C(=O)NCC(C)C)N(Cc1ccc(F)cc1)C(=O)CN(c1ccc(C)cc1C)S(C)(=O)=O. The topological polar surface area (TPSA) is 86.8 Å². The molecule has 192 valence electrons. The van der Waals surface area contributed by atoms with Gasteiger partial charge in [-0.05, 0) is 55.5 Å². The Morgan fingerprint density at radius 2 is 1.69 bits per heavy atom. The van der Waals surface area contributed by atoms with Gasteiger partial charge in [0, 0.05) is 13.1 Å². The Kier molecular flexibility index (Phi) is 9.82. The molecule has 0 aliphatic heterocycles. The molecule has 35 heavy (non-hydrogen) atoms. The number of hydrogen-bond acceptors (Lipinski definition) is 4. The van der Waals surface area contributed by atoms with E-state index >= 15 is 0 Å². The average Bonchev–Trinajstić information content (AvgIpc) is 2.76. The van der Waals surface area contributed by atoms with Gasteiger partial charge in [0.25, 0.3) is 0 Å². The van der Waals surface area contributed by atoms with E-state index in [9.17, 15) is 22.4 Å². The zero-order chi connectivity index (χ0) is 26.3. The van der Waals surface area contributed by atoms with Gasteiger partial charge in [-0.1, -0.05) is 50.6 Å². The van der Waals surface area contributed by atoms with Gasteiger partial charge in [0.15, 0.2) is 0 Å². The molecule has 0 bridgehead atoms. The molecule has 0 aliphatic rings. The molecule has 0 saturated carbocycles. The van der Waals surface area contributed by atoms with Crippen molar-refractivity contribution in [3.05, 3.63) is 65.0 Å². The maximum Gasteiger partial charge on any atom is 0.244 e. The first-order chi connectivity index (χ1) is 16.3. The van der Waals surface area contributed by atoms with E-state index in [1.807, 2.05) is 26.8 Å². The van der Waals surface area contributed by atoms with Gasteiger partial charge < -0.3 is 10.2 Å². The molecule has 0 aromatic heterocycles. The Morgan fingerprint density at radius 1 is 1.06 bits per heavy atom. The van der Waals surface area contributed by atoms with Crippen molar-refractivity contribution in [2.24, 2.45) is 5.92 Å². The molecule has 0 heterocycles. The highest BCUT2D eigenvalue weighted by Gasteiger charge is 2.32. The number of aryl methyl sites for hydroxylation is 2. The first kappa shape index (κ1) is 28.3. The van der Waals surface area contributed by atoms with Crippen LogP contribution in [0.2, 0.25) is 0 Å². The van der Waals surface area contributed by atoms with Crippen molar-refractivity contribution in [2.75, 3.05) is 23.7 Å². The highest BCUT2D eigenvalue weighted by Crippen LogP contribution is 2.24. The lowest BCUT2D eigenvalue weighted by Gasteiger charge is -2.33. The molecular weight excluding hydrogens is 469 g/mol. The van der Waals surface area contributed by atoms with Crippen LogP contribution in [-0.4, -0.2) is 50.5 Å². The van der Waals surface area contributed by atoms with Crippen molar-refractivity contribution in [1.29, 1.82) is 0 Å². The molecule has 0 radical (unpaired) electrons. The first-order valence-electron chi connectivity index (χ1n) is 11.7. The molecule has 2 aromatic rings. The zero-order valence-corrected chi connectivity index (χ0v) is 22.2. The number of sulfonamides is 1. The van der Waals surface area contributed by atoms with Gasteiger partial charge >= 0.3 is 0 Å². The van der Waals surface area contributed by atoms with Crippen molar-refractivity contribution >= 4 is 27.5 Å². The number of halogens is 1. The van der Waals surface area contributed by atoms with Gasteiger partial charge in [0.05, 0.1) is 11.9 Å². The number of hydrogen-bond donors (Lipinski definition) is 1. The Balaban J connectivity index is 2.44. The van der Waals surface area contributed by atoms with Crippen LogP contribution in [0, 0.1) is 25.6 Å². The summed E-state index contributed by atoms with van der Waals surface area (Å²) in [6, 6.07) is 10.2. The molecule has 0 fully saturated rings. The van der Waals surface area contributed by atoms with Crippen LogP contribution in [0.5, 0.6) is 0 Å². The molecule has 1 atom stereocenters. The van der Waals surface area contributed by atoms with E-state index in [1.165, 1.54) is 17.0 Å². The van der Waals surface area contributed by atoms with Crippen LogP contribution >= 0.6 is 0 Å². The van der Waals surface area contributed by atoms with E-state index in [-0.39, 0.29) is 18.4 Å². The number of rotatable bonds is 11. The molecule has 1 N–H and O–H groups in total. The number of carbonyl (C=O) groups is 2. The van der Waals surface area contributed by atoms with Crippen LogP contribution in [0.4, 0.5) is 10.1 Å². The van der Waals surface area contributed by atoms with Crippen molar-refractivity contribution in [2.45, 2.75) is 53.6 Å². The first-order valence-corrected chi connectivity index (χ1v) is 13.5. The van der Waals surface area contributed by atoms with Crippen molar-refractivity contribution in [3.63, 3.8) is 0 Å². The van der Waals surface area contributed by atoms with Gasteiger partial charge in [0.2, 0.25) is 21.8 Å². The van der Waals surface area contributed by atoms with Crippen molar-refractivity contribution in [3.8, 4) is 0 Å². The summed E-state index contributed by atoms with van der Waals surface area (Å²) in [5.74, 6) is -1.02. The van der Waals surface area contributed by atoms with Crippen LogP contribution in [0.15, 0.2) is 42.5 Å². The Morgan fingerprint density at radius 3 is 2.20 bits per heavy atom. The normalized spacial score (nSPS) is 12.3. The third-order valence-electron chi connectivity index (χ3n) is 5.64. The molecule has 9 heteroatoms. The van der Waals surface area contributed by atoms with Crippen molar-refractivity contribution in [1.82, 2.24) is 10.2 Å². The minimum Gasteiger partial charge on any atom is -0.354 e. The highest BCUT2D eigenvalue weighted by molar-refractivity contribution is 7.92. The van der Waals surface area contributed by atoms with Crippen LogP contribution in [0.1, 0.15) is 43.9 Å². The third-order valence-corrected chi connectivity index (χ3v) is 6.76. The lowest BCUT2D eigenvalue weighted by atomic mass is 10.1. The maximum absolute atomic E-state index is 13.6. The average molecular weight is 506 g/mol. The summed E-state index contributed by atoms with van der Waals surface area (Å²) >= 11 is 0. The predicted molar refractivity (Wildman–Crippen MR) is 137 cm³/mol. The number of amides is 2. The van der Waals surface area contributed by atoms with E-state index < -0.39 is 34.3 Å². The summed E-state index contributed by atoms with van der Waals surface area (Å²) < 4.78 is 39.9. The predicted octanol–water partition coefficient (Wildman–Crippen LogP) is 3.79. The van der Waals surface area contributed by atoms with Crippen LogP contribution in [0.3, 0.4) is 0 Å². The quantitative estimate of drug-likeness (QED) is 0.504. The fourth-order valence-corrected chi connectivity index (χ4v) is 4.72. The van der Waals surface area contributed by atoms with Gasteiger partial charge in [-0.25, -0.2) is 12.8 Å². The maximum atomic E-state index is 13.6. The largest absolute Gasteiger partial charge is 0.354 e. The molecule has 7 nitrogen and oxygen atoms in total. The molecule has 0 spiro atoms. The number of benzene rings is 2. The number of nitrogens with zero attached hydrogens (tertiary/aromatic N) is 2. The molecule has 0 unspecified atom stereocenters. The molecule has 2 amide bonds. The minimum atomic E-state index is -3.80. The van der Waals surface area contributed by atoms with Crippen LogP contribution < -0.4 is 9.62 Å². The van der Waals surface area contributed by atoms with Gasteiger partial charge in [0.1, 0.15) is 18.4 Å². The van der Waals surface area contributed by atoms with E-state index in [0.29, 0.717) is 24.2 Å². The summed E-state index contributed by atoms with van der Waals surface area (Å²) in [4.78, 5) is 28.0. The lowest BCUT2D eigenvalue weighted by molar-refractivity contribution is -0.140. The number of anilines is 1. The lowest BCUT2D eigenvalue weighted by Crippen LogP contribution is -2.52. The third kappa shape index (κ3) is 8.06. The Labute approximate surface area is 208 Å². The Bertz CT molecular complexity index is 1130. The summed E-state index contributed by atoms with van der Waals surface area (Å²) in [6.45, 7) is 9.45. The van der Waals surface area contributed by atoms with E-state index in [0.717, 1.165) is 21.7 Å². The van der Waals surface area contributed by atoms with E-state index in [2.05, 4.69) is 5.32 Å². The second kappa shape index (κ2) is 12.2. The van der Waals surface area contributed by atoms with Gasteiger partial charge in [-0.3, -0.25) is 13.9 Å². The summed E-state index contributed by atoms with van der Waals surface area (Å²) in [5.41, 5.74) is 2.73. The summed E-state index contributed by atoms with van der Waals surface area (Å²) in [6.07, 6.45) is 1.38. The smallest absolute Gasteiger partial charge is 0.244 e. The fourth-order valence-electron chi connectivity index (χ4n) is 3.81. The standard InChI is InChI=1S/C26H36FN3O4S/c1-7-23(26(32)28-15-18(2)3)29(16-21-9-11-22(27)12-10-21)25(31)17-30(35(6,33)34)24-13-8-19(4)14-20(24)5/h8-14,18,23H,7,15-17H2,1-6H3,(H,28,32)/t23-/m0/s1. The monoisotopic (exact) mass is 505 g/mol. The van der Waals surface area contributed by atoms with Gasteiger partial charge in [-0.2, -0.15) is 0 Å². The second-order valence-electron chi connectivity index (χ2n) is 9.27. The highest BCUT2D eigenvalue weighted by atomic mass is 32.2. The second-order valence-corrected chi connectivity index (χ2v) is 11.2. The number of carbonyl (C=O) groups excluding carboxylic acids is 2. The van der Waals surface area contributed by atoms with Crippen molar-refractivity contribution < 1.29 is 22.4 Å². The van der Waals surface area contributed by atoms with E-state index in [1.54, 1.807) is 38.1 Å². The van der Waals surface area contributed by atoms with Crippen LogP contribution in [0.25, 0.3) is 0 Å². The molecule has 2 rings (SSSR count). The van der Waals surface area contributed by atoms with Crippen LogP contribution in [-0.2, 0) is 26.2 Å². The minimum absolute atomic E-state index is 0.0389. The fraction of sp³-hybridized carbons (Fsp3) is 0.462. The summed E-state index contributed by atoms with van der Waals surface area (Å²) in [7, 11) is -3.80. The molecule has 2 aromatic carbocycles. The molecular formula is C26H36FN3O4S. The Hall–Kier alpha value is -2.94. The molecule has 0 aliphatic carbocycles. The number of nitrogens with one attached hydrogen (secondary N) is 1. The van der Waals surface area contributed by atoms with E-state index in [4.69, 9.17) is 0 Å². The van der Waals surface area contributed by atoms with Gasteiger partial charge in [-0.15, -0.1) is 0 Å². The summed E-state index contributed by atoms with van der Waals surface area (Å²) in [5, 5.41) is 2.87. The molecule has 0 saturated heterocycles. The zero-order valence-electron chi connectivity index (χ0n) is 21.3.